The van der Waals surface area contributed by atoms with Gasteiger partial charge in [-0.15, -0.1) is 0 Å². The topological polar surface area (TPSA) is 17.1 Å². The van der Waals surface area contributed by atoms with Gasteiger partial charge in [-0.2, -0.15) is 13.2 Å². The lowest BCUT2D eigenvalue weighted by atomic mass is 9.80. The Bertz CT molecular complexity index is 294. The normalized spacial score (nSPS) is 25.8. The summed E-state index contributed by atoms with van der Waals surface area (Å²) in [5.41, 5.74) is 0.718. The van der Waals surface area contributed by atoms with E-state index >= 15 is 0 Å². The fourth-order valence-corrected chi connectivity index (χ4v) is 3.04. The summed E-state index contributed by atoms with van der Waals surface area (Å²) in [7, 11) is 0. The Hall–Kier alpha value is -0.0700. The third-order valence-corrected chi connectivity index (χ3v) is 4.26. The molecule has 0 spiro atoms. The van der Waals surface area contributed by atoms with E-state index in [9.17, 15) is 18.0 Å². The summed E-state index contributed by atoms with van der Waals surface area (Å²) >= 11 is 1.90. The first-order valence-corrected chi connectivity index (χ1v) is 6.22. The molecule has 0 aliphatic heterocycles. The lowest BCUT2D eigenvalue weighted by molar-refractivity contribution is -0.141. The molecule has 5 heteroatoms. The lowest BCUT2D eigenvalue weighted by Crippen LogP contribution is -2.34. The molecule has 0 N–H and O–H groups in total. The molecule has 2 atom stereocenters. The third kappa shape index (κ3) is 4.07. The summed E-state index contributed by atoms with van der Waals surface area (Å²) in [6, 6.07) is 0. The Kier molecular flexibility index (Phi) is 4.42. The van der Waals surface area contributed by atoms with Crippen molar-refractivity contribution in [3.63, 3.8) is 0 Å². The van der Waals surface area contributed by atoms with E-state index in [1.54, 1.807) is 13.0 Å². The summed E-state index contributed by atoms with van der Waals surface area (Å²) in [6.07, 6.45) is -0.479. The second kappa shape index (κ2) is 5.06. The SMILES string of the molecule is CC(I)(CC(F)(F)F)[C@H]1CC=C(C=O)CC1. The van der Waals surface area contributed by atoms with Crippen LogP contribution in [-0.2, 0) is 4.79 Å². The second-order valence-corrected chi connectivity index (χ2v) is 6.90. The van der Waals surface area contributed by atoms with Gasteiger partial charge in [-0.05, 0) is 37.7 Å². The summed E-state index contributed by atoms with van der Waals surface area (Å²) < 4.78 is 36.3. The zero-order chi connectivity index (χ0) is 12.4. The maximum Gasteiger partial charge on any atom is 0.390 e. The van der Waals surface area contributed by atoms with Gasteiger partial charge in [0, 0.05) is 3.42 Å². The van der Waals surface area contributed by atoms with Gasteiger partial charge >= 0.3 is 6.18 Å². The molecule has 0 saturated heterocycles. The molecule has 92 valence electrons. The highest BCUT2D eigenvalue weighted by Crippen LogP contribution is 2.44. The summed E-state index contributed by atoms with van der Waals surface area (Å²) in [5, 5.41) is 0. The first kappa shape index (κ1) is 14.0. The van der Waals surface area contributed by atoms with Crippen molar-refractivity contribution in [1.29, 1.82) is 0 Å². The zero-order valence-corrected chi connectivity index (χ0v) is 11.1. The average molecular weight is 346 g/mol. The molecule has 0 bridgehead atoms. The molecule has 16 heavy (non-hydrogen) atoms. The molecule has 1 unspecified atom stereocenters. The van der Waals surface area contributed by atoms with Gasteiger partial charge in [-0.3, -0.25) is 4.79 Å². The molecule has 1 aliphatic carbocycles. The minimum Gasteiger partial charge on any atom is -0.298 e. The van der Waals surface area contributed by atoms with Crippen molar-refractivity contribution >= 4 is 28.9 Å². The number of hydrogen-bond acceptors (Lipinski definition) is 1. The van der Waals surface area contributed by atoms with Crippen LogP contribution in [0.5, 0.6) is 0 Å². The number of carbonyl (C=O) groups excluding carboxylic acids is 1. The van der Waals surface area contributed by atoms with Crippen LogP contribution in [0.15, 0.2) is 11.6 Å². The zero-order valence-electron chi connectivity index (χ0n) is 8.98. The Balaban J connectivity index is 2.65. The average Bonchev–Trinajstić information content (AvgIpc) is 2.14. The van der Waals surface area contributed by atoms with E-state index in [2.05, 4.69) is 0 Å². The highest BCUT2D eigenvalue weighted by Gasteiger charge is 2.42. The van der Waals surface area contributed by atoms with Crippen LogP contribution in [0.4, 0.5) is 13.2 Å². The van der Waals surface area contributed by atoms with E-state index in [1.165, 1.54) is 0 Å². The first-order valence-electron chi connectivity index (χ1n) is 5.14. The second-order valence-electron chi connectivity index (χ2n) is 4.44. The van der Waals surface area contributed by atoms with Crippen LogP contribution < -0.4 is 0 Å². The highest BCUT2D eigenvalue weighted by atomic mass is 127. The van der Waals surface area contributed by atoms with Gasteiger partial charge in [0.25, 0.3) is 0 Å². The van der Waals surface area contributed by atoms with Gasteiger partial charge in [-0.1, -0.05) is 28.7 Å². The van der Waals surface area contributed by atoms with Crippen molar-refractivity contribution in [2.45, 2.75) is 42.2 Å². The molecule has 0 radical (unpaired) electrons. The quantitative estimate of drug-likeness (QED) is 0.428. The van der Waals surface area contributed by atoms with Gasteiger partial charge in [-0.25, -0.2) is 0 Å². The van der Waals surface area contributed by atoms with Gasteiger partial charge in [0.1, 0.15) is 6.29 Å². The minimum atomic E-state index is -4.12. The van der Waals surface area contributed by atoms with Crippen molar-refractivity contribution in [2.24, 2.45) is 5.92 Å². The van der Waals surface area contributed by atoms with Crippen LogP contribution in [0, 0.1) is 5.92 Å². The van der Waals surface area contributed by atoms with Gasteiger partial charge < -0.3 is 0 Å². The van der Waals surface area contributed by atoms with Crippen LogP contribution in [0.25, 0.3) is 0 Å². The molecule has 1 aliphatic rings. The Morgan fingerprint density at radius 2 is 2.19 bits per heavy atom. The standard InChI is InChI=1S/C11H14F3IO/c1-10(15,7-11(12,13)14)9-4-2-8(6-16)3-5-9/h2,6,9H,3-5,7H2,1H3/t9-,10?/m0/s1. The van der Waals surface area contributed by atoms with Crippen molar-refractivity contribution in [2.75, 3.05) is 0 Å². The fraction of sp³-hybridized carbons (Fsp3) is 0.727. The fourth-order valence-electron chi connectivity index (χ4n) is 2.04. The number of hydrogen-bond donors (Lipinski definition) is 0. The molecule has 0 saturated carbocycles. The third-order valence-electron chi connectivity index (χ3n) is 2.99. The summed E-state index contributed by atoms with van der Waals surface area (Å²) in [4.78, 5) is 10.5. The molecule has 1 nitrogen and oxygen atoms in total. The first-order chi connectivity index (χ1) is 7.24. The van der Waals surface area contributed by atoms with E-state index in [0.29, 0.717) is 19.3 Å². The molecule has 0 heterocycles. The molecule has 0 aromatic heterocycles. The van der Waals surface area contributed by atoms with Crippen molar-refractivity contribution in [3.05, 3.63) is 11.6 Å². The molecule has 0 aromatic carbocycles. The van der Waals surface area contributed by atoms with E-state index in [4.69, 9.17) is 0 Å². The monoisotopic (exact) mass is 346 g/mol. The lowest BCUT2D eigenvalue weighted by Gasteiger charge is -2.34. The summed E-state index contributed by atoms with van der Waals surface area (Å²) in [6.45, 7) is 1.64. The van der Waals surface area contributed by atoms with Crippen molar-refractivity contribution < 1.29 is 18.0 Å². The number of aldehydes is 1. The number of carbonyl (C=O) groups is 1. The minimum absolute atomic E-state index is 0.00146. The molecular weight excluding hydrogens is 332 g/mol. The van der Waals surface area contributed by atoms with Crippen LogP contribution in [0.3, 0.4) is 0 Å². The predicted octanol–water partition coefficient (Wildman–Crippen LogP) is 4.06. The Morgan fingerprint density at radius 3 is 2.56 bits per heavy atom. The van der Waals surface area contributed by atoms with E-state index in [0.717, 1.165) is 11.9 Å². The molecule has 1 rings (SSSR count). The summed E-state index contributed by atoms with van der Waals surface area (Å²) in [5.74, 6) is -0.00146. The van der Waals surface area contributed by atoms with Gasteiger partial charge in [0.2, 0.25) is 0 Å². The Morgan fingerprint density at radius 1 is 1.56 bits per heavy atom. The number of alkyl halides is 4. The van der Waals surface area contributed by atoms with E-state index in [1.807, 2.05) is 22.6 Å². The molecule has 0 aromatic rings. The van der Waals surface area contributed by atoms with Crippen molar-refractivity contribution in [3.8, 4) is 0 Å². The van der Waals surface area contributed by atoms with Crippen LogP contribution >= 0.6 is 22.6 Å². The molecular formula is C11H14F3IO. The van der Waals surface area contributed by atoms with E-state index in [-0.39, 0.29) is 5.92 Å². The number of allylic oxidation sites excluding steroid dienone is 2. The largest absolute Gasteiger partial charge is 0.390 e. The van der Waals surface area contributed by atoms with Crippen LogP contribution in [0.1, 0.15) is 32.6 Å². The number of halogens is 4. The Labute approximate surface area is 107 Å². The van der Waals surface area contributed by atoms with Crippen molar-refractivity contribution in [1.82, 2.24) is 0 Å². The van der Waals surface area contributed by atoms with Crippen LogP contribution in [-0.4, -0.2) is 15.9 Å². The molecule has 0 fully saturated rings. The molecule has 0 amide bonds. The maximum atomic E-state index is 12.4. The smallest absolute Gasteiger partial charge is 0.298 e. The highest BCUT2D eigenvalue weighted by molar-refractivity contribution is 14.1. The number of rotatable bonds is 3. The predicted molar refractivity (Wildman–Crippen MR) is 64.6 cm³/mol. The maximum absolute atomic E-state index is 12.4. The van der Waals surface area contributed by atoms with Gasteiger partial charge in [0.15, 0.2) is 0 Å². The van der Waals surface area contributed by atoms with Gasteiger partial charge in [0.05, 0.1) is 6.42 Å². The van der Waals surface area contributed by atoms with E-state index < -0.39 is 16.0 Å². The van der Waals surface area contributed by atoms with Crippen LogP contribution in [0.2, 0.25) is 0 Å².